The van der Waals surface area contributed by atoms with Gasteiger partial charge in [0.25, 0.3) is 10.1 Å². The molecular weight excluding hydrogens is 452 g/mol. The summed E-state index contributed by atoms with van der Waals surface area (Å²) < 4.78 is 26.9. The Hall–Kier alpha value is -3.42. The molecule has 2 aromatic rings. The van der Waals surface area contributed by atoms with Gasteiger partial charge in [-0.25, -0.2) is 4.99 Å². The number of nitrogens with two attached hydrogens (primary N) is 2. The highest BCUT2D eigenvalue weighted by Gasteiger charge is 2.32. The lowest BCUT2D eigenvalue weighted by atomic mass is 9.93. The molecule has 1 aliphatic rings. The van der Waals surface area contributed by atoms with Crippen LogP contribution in [-0.4, -0.2) is 36.3 Å². The van der Waals surface area contributed by atoms with Crippen LogP contribution in [0.5, 0.6) is 0 Å². The summed E-state index contributed by atoms with van der Waals surface area (Å²) in [5.74, 6) is 0.155. The monoisotopic (exact) mass is 484 g/mol. The summed E-state index contributed by atoms with van der Waals surface area (Å²) >= 11 is 0. The molecule has 5 N–H and O–H groups in total. The zero-order valence-corrected chi connectivity index (χ0v) is 20.5. The molecule has 0 saturated carbocycles. The Bertz CT molecular complexity index is 1150. The molecule has 0 bridgehead atoms. The van der Waals surface area contributed by atoms with Crippen LogP contribution >= 0.6 is 0 Å². The number of benzene rings is 2. The van der Waals surface area contributed by atoms with E-state index in [9.17, 15) is 13.7 Å². The van der Waals surface area contributed by atoms with Crippen molar-refractivity contribution >= 4 is 27.7 Å². The van der Waals surface area contributed by atoms with E-state index >= 15 is 0 Å². The summed E-state index contributed by atoms with van der Waals surface area (Å²) in [5.41, 5.74) is 14.4. The third-order valence-corrected chi connectivity index (χ3v) is 6.00. The van der Waals surface area contributed by atoms with Gasteiger partial charge < -0.3 is 11.5 Å². The van der Waals surface area contributed by atoms with E-state index in [4.69, 9.17) is 16.0 Å². The molecule has 0 radical (unpaired) electrons. The summed E-state index contributed by atoms with van der Waals surface area (Å²) in [7, 11) is -3.66. The molecule has 9 nitrogen and oxygen atoms in total. The van der Waals surface area contributed by atoms with Crippen LogP contribution in [0.25, 0.3) is 0 Å². The third kappa shape index (κ3) is 7.86. The molecule has 0 amide bonds. The van der Waals surface area contributed by atoms with Crippen molar-refractivity contribution in [2.45, 2.75) is 51.6 Å². The maximum atomic E-state index is 9.62. The molecule has 182 valence electrons. The topological polar surface area (TPSA) is 158 Å². The molecule has 10 heteroatoms. The van der Waals surface area contributed by atoms with Gasteiger partial charge in [-0.2, -0.15) is 18.7 Å². The average Bonchev–Trinajstić information content (AvgIpc) is 2.77. The fourth-order valence-corrected chi connectivity index (χ4v) is 3.57. The highest BCUT2D eigenvalue weighted by molar-refractivity contribution is 7.85. The van der Waals surface area contributed by atoms with E-state index in [-0.39, 0.29) is 17.6 Å². The minimum Gasteiger partial charge on any atom is -0.369 e. The van der Waals surface area contributed by atoms with Gasteiger partial charge >= 0.3 is 0 Å². The van der Waals surface area contributed by atoms with Crippen LogP contribution in [-0.2, 0) is 16.5 Å². The standard InChI is InChI=1S/C22H26N6.C2H6O3S/c1-22(2)27-20(24)26-21(25)28(22)19-13-11-17(12-14-19)18(15-23)10-6-9-16-7-4-3-5-8-16;1-2-6(3,4)5/h3-5,7-8,11-14,18H,6,9-10H2,1-2H3,(H4,24,25,26,27);2H2,1H3,(H,3,4,5). The highest BCUT2D eigenvalue weighted by atomic mass is 32.2. The van der Waals surface area contributed by atoms with Crippen LogP contribution in [0.4, 0.5) is 5.69 Å². The van der Waals surface area contributed by atoms with Crippen molar-refractivity contribution in [3.05, 3.63) is 65.7 Å². The number of rotatable bonds is 7. The molecule has 3 rings (SSSR count). The van der Waals surface area contributed by atoms with E-state index in [0.29, 0.717) is 5.96 Å². The van der Waals surface area contributed by atoms with E-state index in [0.717, 1.165) is 30.5 Å². The second-order valence-corrected chi connectivity index (χ2v) is 10.0. The molecule has 0 spiro atoms. The number of nitriles is 1. The third-order valence-electron chi connectivity index (χ3n) is 5.27. The van der Waals surface area contributed by atoms with Crippen molar-refractivity contribution in [1.29, 1.82) is 5.26 Å². The van der Waals surface area contributed by atoms with E-state index in [1.807, 2.05) is 61.2 Å². The molecule has 1 unspecified atom stereocenters. The maximum absolute atomic E-state index is 9.62. The summed E-state index contributed by atoms with van der Waals surface area (Å²) in [6.07, 6.45) is 2.77. The first kappa shape index (κ1) is 26.8. The number of hydrogen-bond acceptors (Lipinski definition) is 8. The predicted molar refractivity (Wildman–Crippen MR) is 136 cm³/mol. The molecule has 34 heavy (non-hydrogen) atoms. The fourth-order valence-electron chi connectivity index (χ4n) is 3.57. The Morgan fingerprint density at radius 1 is 1.12 bits per heavy atom. The fraction of sp³-hybridized carbons (Fsp3) is 0.375. The Kier molecular flexibility index (Phi) is 9.18. The number of guanidine groups is 2. The SMILES string of the molecule is CC1(C)N=C(N)N=C(N)N1c1ccc(C(C#N)CCCc2ccccc2)cc1.CCS(=O)(=O)O. The molecule has 1 heterocycles. The Balaban J connectivity index is 0.000000604. The first-order valence-electron chi connectivity index (χ1n) is 10.9. The zero-order valence-electron chi connectivity index (χ0n) is 19.7. The Morgan fingerprint density at radius 3 is 2.21 bits per heavy atom. The zero-order chi connectivity index (χ0) is 25.4. The van der Waals surface area contributed by atoms with Crippen LogP contribution in [0, 0.1) is 11.3 Å². The van der Waals surface area contributed by atoms with Gasteiger partial charge in [0.2, 0.25) is 11.9 Å². The van der Waals surface area contributed by atoms with Crippen molar-refractivity contribution < 1.29 is 13.0 Å². The van der Waals surface area contributed by atoms with Gasteiger partial charge in [-0.1, -0.05) is 42.5 Å². The van der Waals surface area contributed by atoms with Gasteiger partial charge in [-0.15, -0.1) is 0 Å². The van der Waals surface area contributed by atoms with Gasteiger partial charge in [-0.05, 0) is 63.3 Å². The average molecular weight is 485 g/mol. The Morgan fingerprint density at radius 2 is 1.71 bits per heavy atom. The van der Waals surface area contributed by atoms with Gasteiger partial charge in [0, 0.05) is 5.69 Å². The molecule has 0 saturated heterocycles. The quantitative estimate of drug-likeness (QED) is 0.508. The highest BCUT2D eigenvalue weighted by Crippen LogP contribution is 2.30. The number of aliphatic imine (C=N–C) groups is 2. The number of aryl methyl sites for hydroxylation is 1. The van der Waals surface area contributed by atoms with Crippen LogP contribution < -0.4 is 16.4 Å². The van der Waals surface area contributed by atoms with Crippen molar-refractivity contribution in [3.8, 4) is 6.07 Å². The number of anilines is 1. The molecule has 0 fully saturated rings. The molecule has 1 atom stereocenters. The second kappa shape index (κ2) is 11.6. The van der Waals surface area contributed by atoms with Gasteiger partial charge in [0.15, 0.2) is 0 Å². The van der Waals surface area contributed by atoms with Gasteiger partial charge in [-0.3, -0.25) is 9.45 Å². The van der Waals surface area contributed by atoms with E-state index in [1.54, 1.807) is 0 Å². The van der Waals surface area contributed by atoms with E-state index in [1.165, 1.54) is 12.5 Å². The lowest BCUT2D eigenvalue weighted by Crippen LogP contribution is -2.54. The minimum absolute atomic E-state index is 0.133. The summed E-state index contributed by atoms with van der Waals surface area (Å²) in [4.78, 5) is 10.3. The Labute approximate surface area is 201 Å². The van der Waals surface area contributed by atoms with E-state index < -0.39 is 15.8 Å². The second-order valence-electron chi connectivity index (χ2n) is 8.29. The normalized spacial score (nSPS) is 15.8. The summed E-state index contributed by atoms with van der Waals surface area (Å²) in [5, 5.41) is 9.62. The van der Waals surface area contributed by atoms with Crippen molar-refractivity contribution in [2.75, 3.05) is 10.7 Å². The molecule has 0 aliphatic carbocycles. The first-order chi connectivity index (χ1) is 16.0. The smallest absolute Gasteiger partial charge is 0.264 e. The lowest BCUT2D eigenvalue weighted by Gasteiger charge is -2.38. The number of hydrogen-bond donors (Lipinski definition) is 3. The molecule has 1 aliphatic heterocycles. The van der Waals surface area contributed by atoms with Crippen molar-refractivity contribution in [1.82, 2.24) is 0 Å². The van der Waals surface area contributed by atoms with Gasteiger partial charge in [0.05, 0.1) is 17.7 Å². The van der Waals surface area contributed by atoms with Crippen molar-refractivity contribution in [3.63, 3.8) is 0 Å². The summed E-state index contributed by atoms with van der Waals surface area (Å²) in [6.45, 7) is 5.23. The van der Waals surface area contributed by atoms with E-state index in [2.05, 4.69) is 28.2 Å². The van der Waals surface area contributed by atoms with Crippen LogP contribution in [0.2, 0.25) is 0 Å². The summed E-state index contributed by atoms with van der Waals surface area (Å²) in [6, 6.07) is 20.7. The minimum atomic E-state index is -3.66. The molecule has 2 aromatic carbocycles. The largest absolute Gasteiger partial charge is 0.369 e. The lowest BCUT2D eigenvalue weighted by molar-refractivity contribution is 0.484. The van der Waals surface area contributed by atoms with Gasteiger partial charge in [0.1, 0.15) is 5.66 Å². The van der Waals surface area contributed by atoms with Crippen LogP contribution in [0.3, 0.4) is 0 Å². The predicted octanol–water partition coefficient (Wildman–Crippen LogP) is 3.40. The number of nitrogens with zero attached hydrogens (tertiary/aromatic N) is 4. The maximum Gasteiger partial charge on any atom is 0.264 e. The first-order valence-corrected chi connectivity index (χ1v) is 12.6. The van der Waals surface area contributed by atoms with Crippen molar-refractivity contribution in [2.24, 2.45) is 21.5 Å². The molecule has 0 aromatic heterocycles. The molecular formula is C24H32N6O3S. The van der Waals surface area contributed by atoms with Crippen LogP contribution in [0.1, 0.15) is 50.7 Å². The van der Waals surface area contributed by atoms with Crippen LogP contribution in [0.15, 0.2) is 64.6 Å².